The summed E-state index contributed by atoms with van der Waals surface area (Å²) in [7, 11) is 0. The van der Waals surface area contributed by atoms with Gasteiger partial charge in [0.1, 0.15) is 5.82 Å². The van der Waals surface area contributed by atoms with Crippen LogP contribution in [0.5, 0.6) is 0 Å². The number of hydrogen-bond acceptors (Lipinski definition) is 3. The first-order chi connectivity index (χ1) is 8.78. The van der Waals surface area contributed by atoms with Gasteiger partial charge < -0.3 is 4.90 Å². The molecule has 1 aromatic rings. The van der Waals surface area contributed by atoms with Gasteiger partial charge in [0.2, 0.25) is 0 Å². The number of fused-ring (bicyclic) bond motifs is 1. The molecule has 0 N–H and O–H groups in total. The highest BCUT2D eigenvalue weighted by Gasteiger charge is 2.31. The summed E-state index contributed by atoms with van der Waals surface area (Å²) in [5.41, 5.74) is 0.782. The Labute approximate surface area is 118 Å². The Morgan fingerprint density at radius 2 is 2.17 bits per heavy atom. The molecule has 3 nitrogen and oxygen atoms in total. The first kappa shape index (κ1) is 12.5. The van der Waals surface area contributed by atoms with E-state index in [9.17, 15) is 0 Å². The van der Waals surface area contributed by atoms with Crippen LogP contribution >= 0.6 is 23.2 Å². The van der Waals surface area contributed by atoms with Crippen LogP contribution in [0.25, 0.3) is 0 Å². The molecule has 0 amide bonds. The van der Waals surface area contributed by atoms with Gasteiger partial charge in [0.25, 0.3) is 0 Å². The second kappa shape index (κ2) is 5.24. The highest BCUT2D eigenvalue weighted by Crippen LogP contribution is 2.26. The van der Waals surface area contributed by atoms with Crippen molar-refractivity contribution in [1.82, 2.24) is 9.88 Å². The summed E-state index contributed by atoms with van der Waals surface area (Å²) >= 11 is 11.9. The molecule has 5 heteroatoms. The fourth-order valence-corrected chi connectivity index (χ4v) is 3.39. The van der Waals surface area contributed by atoms with Crippen LogP contribution in [0, 0.1) is 0 Å². The van der Waals surface area contributed by atoms with Gasteiger partial charge in [-0.05, 0) is 31.5 Å². The third-order valence-electron chi connectivity index (χ3n) is 3.94. The van der Waals surface area contributed by atoms with E-state index in [0.29, 0.717) is 16.9 Å². The highest BCUT2D eigenvalue weighted by molar-refractivity contribution is 6.32. The van der Waals surface area contributed by atoms with Crippen molar-refractivity contribution in [3.05, 3.63) is 22.8 Å². The average Bonchev–Trinajstić information content (AvgIpc) is 2.86. The molecule has 1 aromatic heterocycles. The van der Waals surface area contributed by atoms with Crippen molar-refractivity contribution < 1.29 is 0 Å². The summed E-state index contributed by atoms with van der Waals surface area (Å²) in [6, 6.07) is 4.61. The van der Waals surface area contributed by atoms with E-state index in [1.165, 1.54) is 19.4 Å². The van der Waals surface area contributed by atoms with E-state index in [0.717, 1.165) is 31.1 Å². The summed E-state index contributed by atoms with van der Waals surface area (Å²) < 4.78 is 0. The average molecular weight is 286 g/mol. The summed E-state index contributed by atoms with van der Waals surface area (Å²) in [5.74, 6) is 1.39. The second-order valence-corrected chi connectivity index (χ2v) is 5.68. The van der Waals surface area contributed by atoms with Crippen LogP contribution < -0.4 is 4.90 Å². The Hall–Kier alpha value is -0.510. The maximum absolute atomic E-state index is 6.05. The van der Waals surface area contributed by atoms with E-state index in [2.05, 4.69) is 14.8 Å². The Bertz CT molecular complexity index is 438. The lowest BCUT2D eigenvalue weighted by Gasteiger charge is -2.38. The van der Waals surface area contributed by atoms with E-state index >= 15 is 0 Å². The van der Waals surface area contributed by atoms with Crippen molar-refractivity contribution in [2.45, 2.75) is 24.8 Å². The van der Waals surface area contributed by atoms with Crippen LogP contribution in [0.1, 0.15) is 18.5 Å². The molecule has 0 aromatic carbocycles. The van der Waals surface area contributed by atoms with Gasteiger partial charge in [-0.15, -0.1) is 11.6 Å². The minimum absolute atomic E-state index is 0.371. The Morgan fingerprint density at radius 3 is 3.00 bits per heavy atom. The number of alkyl halides is 1. The Kier molecular flexibility index (Phi) is 3.64. The zero-order valence-electron chi connectivity index (χ0n) is 10.3. The molecule has 2 saturated heterocycles. The minimum Gasteiger partial charge on any atom is -0.354 e. The standard InChI is InChI=1S/C13H17Cl2N3/c14-8-12-11(15)3-4-13(16-12)18-7-6-17-5-1-2-10(17)9-18/h3-4,10H,1-2,5-9H2. The highest BCUT2D eigenvalue weighted by atomic mass is 35.5. The maximum atomic E-state index is 6.05. The molecule has 0 aliphatic carbocycles. The Balaban J connectivity index is 1.78. The first-order valence-electron chi connectivity index (χ1n) is 6.48. The van der Waals surface area contributed by atoms with E-state index in [1.54, 1.807) is 0 Å². The third-order valence-corrected chi connectivity index (χ3v) is 4.54. The number of nitrogens with zero attached hydrogens (tertiary/aromatic N) is 3. The number of piperazine rings is 1. The molecular weight excluding hydrogens is 269 g/mol. The molecule has 98 valence electrons. The molecule has 0 saturated carbocycles. The molecule has 3 rings (SSSR count). The van der Waals surface area contributed by atoms with Crippen molar-refractivity contribution >= 4 is 29.0 Å². The van der Waals surface area contributed by atoms with Crippen molar-refractivity contribution in [2.75, 3.05) is 31.1 Å². The molecular formula is C13H17Cl2N3. The molecule has 2 fully saturated rings. The van der Waals surface area contributed by atoms with E-state index < -0.39 is 0 Å². The summed E-state index contributed by atoms with van der Waals surface area (Å²) in [5, 5.41) is 0.660. The molecule has 1 atom stereocenters. The molecule has 0 radical (unpaired) electrons. The monoisotopic (exact) mass is 285 g/mol. The van der Waals surface area contributed by atoms with Crippen molar-refractivity contribution in [1.29, 1.82) is 0 Å². The minimum atomic E-state index is 0.371. The van der Waals surface area contributed by atoms with E-state index in [-0.39, 0.29) is 0 Å². The molecule has 2 aliphatic heterocycles. The molecule has 18 heavy (non-hydrogen) atoms. The van der Waals surface area contributed by atoms with E-state index in [4.69, 9.17) is 23.2 Å². The van der Waals surface area contributed by atoms with Crippen LogP contribution in [0.2, 0.25) is 5.02 Å². The topological polar surface area (TPSA) is 19.4 Å². The van der Waals surface area contributed by atoms with Crippen LogP contribution in [-0.4, -0.2) is 42.1 Å². The number of halogens is 2. The van der Waals surface area contributed by atoms with Crippen LogP contribution in [0.4, 0.5) is 5.82 Å². The summed E-state index contributed by atoms with van der Waals surface area (Å²) in [4.78, 5) is 9.52. The lowest BCUT2D eigenvalue weighted by Crippen LogP contribution is -2.50. The zero-order valence-corrected chi connectivity index (χ0v) is 11.8. The third kappa shape index (κ3) is 2.31. The molecule has 0 bridgehead atoms. The molecule has 2 aliphatic rings. The van der Waals surface area contributed by atoms with Gasteiger partial charge in [-0.1, -0.05) is 11.6 Å². The number of anilines is 1. The number of hydrogen-bond donors (Lipinski definition) is 0. The van der Waals surface area contributed by atoms with Gasteiger partial charge in [-0.25, -0.2) is 4.98 Å². The van der Waals surface area contributed by atoms with Gasteiger partial charge >= 0.3 is 0 Å². The smallest absolute Gasteiger partial charge is 0.129 e. The summed E-state index contributed by atoms with van der Waals surface area (Å²) in [6.07, 6.45) is 2.64. The number of aromatic nitrogens is 1. The van der Waals surface area contributed by atoms with Gasteiger partial charge in [0.15, 0.2) is 0 Å². The first-order valence-corrected chi connectivity index (χ1v) is 7.39. The predicted molar refractivity (Wildman–Crippen MR) is 75.6 cm³/mol. The molecule has 0 spiro atoms. The van der Waals surface area contributed by atoms with Gasteiger partial charge in [0.05, 0.1) is 16.6 Å². The normalized spacial score (nSPS) is 24.3. The number of rotatable bonds is 2. The predicted octanol–water partition coefficient (Wildman–Crippen LogP) is 2.76. The molecule has 1 unspecified atom stereocenters. The van der Waals surface area contributed by atoms with Crippen molar-refractivity contribution in [3.63, 3.8) is 0 Å². The van der Waals surface area contributed by atoms with Crippen molar-refractivity contribution in [2.24, 2.45) is 0 Å². The lowest BCUT2D eigenvalue weighted by molar-refractivity contribution is 0.230. The zero-order chi connectivity index (χ0) is 12.5. The largest absolute Gasteiger partial charge is 0.354 e. The van der Waals surface area contributed by atoms with Gasteiger partial charge in [0, 0.05) is 25.7 Å². The van der Waals surface area contributed by atoms with Gasteiger partial charge in [-0.3, -0.25) is 4.90 Å². The summed E-state index contributed by atoms with van der Waals surface area (Å²) in [6.45, 7) is 4.54. The van der Waals surface area contributed by atoms with Crippen LogP contribution in [-0.2, 0) is 5.88 Å². The van der Waals surface area contributed by atoms with Crippen LogP contribution in [0.15, 0.2) is 12.1 Å². The SMILES string of the molecule is ClCc1nc(N2CCN3CCCC3C2)ccc1Cl. The fraction of sp³-hybridized carbons (Fsp3) is 0.615. The second-order valence-electron chi connectivity index (χ2n) is 5.01. The maximum Gasteiger partial charge on any atom is 0.129 e. The Morgan fingerprint density at radius 1 is 1.28 bits per heavy atom. The quantitative estimate of drug-likeness (QED) is 0.779. The van der Waals surface area contributed by atoms with Crippen molar-refractivity contribution in [3.8, 4) is 0 Å². The molecule has 3 heterocycles. The van der Waals surface area contributed by atoms with Crippen LogP contribution in [0.3, 0.4) is 0 Å². The number of pyridine rings is 1. The van der Waals surface area contributed by atoms with Gasteiger partial charge in [-0.2, -0.15) is 0 Å². The fourth-order valence-electron chi connectivity index (χ4n) is 2.94. The lowest BCUT2D eigenvalue weighted by atomic mass is 10.1. The van der Waals surface area contributed by atoms with E-state index in [1.807, 2.05) is 12.1 Å².